The number of nitro groups is 1. The van der Waals surface area contributed by atoms with Crippen molar-refractivity contribution >= 4 is 11.5 Å². The van der Waals surface area contributed by atoms with E-state index in [9.17, 15) is 10.1 Å². The second-order valence-corrected chi connectivity index (χ2v) is 5.88. The number of nitrogens with zero attached hydrogens (tertiary/aromatic N) is 3. The third-order valence-corrected chi connectivity index (χ3v) is 4.02. The SMILES string of the molecule is Cc1nn(C(C)C)c(NC2(C)CCOC2C)c1[N+](=O)[O-]. The molecule has 2 heterocycles. The molecule has 1 aliphatic heterocycles. The summed E-state index contributed by atoms with van der Waals surface area (Å²) in [7, 11) is 0. The predicted octanol–water partition coefficient (Wildman–Crippen LogP) is 2.66. The first-order valence-corrected chi connectivity index (χ1v) is 6.89. The smallest absolute Gasteiger partial charge is 0.333 e. The normalized spacial score (nSPS) is 26.2. The van der Waals surface area contributed by atoms with Crippen LogP contribution in [0.3, 0.4) is 0 Å². The summed E-state index contributed by atoms with van der Waals surface area (Å²) in [4.78, 5) is 11.0. The van der Waals surface area contributed by atoms with Crippen LogP contribution >= 0.6 is 0 Å². The van der Waals surface area contributed by atoms with Crippen LogP contribution in [0.4, 0.5) is 11.5 Å². The van der Waals surface area contributed by atoms with Crippen molar-refractivity contribution in [3.8, 4) is 0 Å². The fourth-order valence-electron chi connectivity index (χ4n) is 2.52. The molecule has 0 bridgehead atoms. The monoisotopic (exact) mass is 282 g/mol. The summed E-state index contributed by atoms with van der Waals surface area (Å²) in [6, 6.07) is 0.0473. The Bertz CT molecular complexity index is 526. The number of hydrogen-bond acceptors (Lipinski definition) is 5. The number of hydrogen-bond donors (Lipinski definition) is 1. The van der Waals surface area contributed by atoms with Gasteiger partial charge in [-0.25, -0.2) is 4.68 Å². The van der Waals surface area contributed by atoms with Gasteiger partial charge in [0.15, 0.2) is 0 Å². The largest absolute Gasteiger partial charge is 0.376 e. The second-order valence-electron chi connectivity index (χ2n) is 5.88. The molecule has 1 N–H and O–H groups in total. The van der Waals surface area contributed by atoms with E-state index < -0.39 is 0 Å². The van der Waals surface area contributed by atoms with Gasteiger partial charge in [-0.1, -0.05) is 0 Å². The summed E-state index contributed by atoms with van der Waals surface area (Å²) in [5.41, 5.74) is 0.171. The van der Waals surface area contributed by atoms with Crippen molar-refractivity contribution in [1.29, 1.82) is 0 Å². The molecule has 0 aliphatic carbocycles. The van der Waals surface area contributed by atoms with Gasteiger partial charge in [-0.3, -0.25) is 10.1 Å². The standard InChI is InChI=1S/C13H22N4O3/c1-8(2)16-12(11(17(18)19)9(3)15-16)14-13(5)6-7-20-10(13)4/h8,10,14H,6-7H2,1-5H3. The summed E-state index contributed by atoms with van der Waals surface area (Å²) in [6.07, 6.45) is 0.811. The summed E-state index contributed by atoms with van der Waals surface area (Å²) < 4.78 is 7.27. The Morgan fingerprint density at radius 2 is 2.25 bits per heavy atom. The molecule has 7 nitrogen and oxygen atoms in total. The maximum atomic E-state index is 11.3. The van der Waals surface area contributed by atoms with Gasteiger partial charge in [0.1, 0.15) is 5.69 Å². The molecule has 0 saturated carbocycles. The molecule has 1 saturated heterocycles. The highest BCUT2D eigenvalue weighted by molar-refractivity contribution is 5.61. The van der Waals surface area contributed by atoms with E-state index >= 15 is 0 Å². The van der Waals surface area contributed by atoms with E-state index in [-0.39, 0.29) is 28.3 Å². The molecule has 0 radical (unpaired) electrons. The summed E-state index contributed by atoms with van der Waals surface area (Å²) in [5, 5.41) is 18.9. The van der Waals surface area contributed by atoms with Gasteiger partial charge in [0.05, 0.1) is 16.6 Å². The zero-order valence-corrected chi connectivity index (χ0v) is 12.6. The molecule has 7 heteroatoms. The van der Waals surface area contributed by atoms with Crippen molar-refractivity contribution in [2.75, 3.05) is 11.9 Å². The number of aromatic nitrogens is 2. The van der Waals surface area contributed by atoms with Gasteiger partial charge >= 0.3 is 5.69 Å². The van der Waals surface area contributed by atoms with Gasteiger partial charge in [-0.15, -0.1) is 0 Å². The zero-order valence-electron chi connectivity index (χ0n) is 12.6. The van der Waals surface area contributed by atoms with Crippen molar-refractivity contribution in [3.63, 3.8) is 0 Å². The maximum absolute atomic E-state index is 11.3. The first kappa shape index (κ1) is 14.8. The highest BCUT2D eigenvalue weighted by Crippen LogP contribution is 2.36. The number of anilines is 1. The lowest BCUT2D eigenvalue weighted by atomic mass is 9.94. The molecule has 0 aromatic carbocycles. The highest BCUT2D eigenvalue weighted by atomic mass is 16.6. The van der Waals surface area contributed by atoms with Crippen LogP contribution in [0.1, 0.15) is 45.9 Å². The lowest BCUT2D eigenvalue weighted by Crippen LogP contribution is -2.42. The van der Waals surface area contributed by atoms with E-state index in [1.807, 2.05) is 27.7 Å². The molecule has 2 atom stereocenters. The maximum Gasteiger partial charge on any atom is 0.333 e. The molecule has 0 amide bonds. The minimum atomic E-state index is -0.368. The highest BCUT2D eigenvalue weighted by Gasteiger charge is 2.40. The fourth-order valence-corrected chi connectivity index (χ4v) is 2.52. The number of ether oxygens (including phenoxy) is 1. The van der Waals surface area contributed by atoms with Gasteiger partial charge in [-0.2, -0.15) is 5.10 Å². The van der Waals surface area contributed by atoms with Crippen molar-refractivity contribution in [1.82, 2.24) is 9.78 Å². The Labute approximate surface area is 118 Å². The van der Waals surface area contributed by atoms with Gasteiger partial charge in [-0.05, 0) is 41.0 Å². The third-order valence-electron chi connectivity index (χ3n) is 4.02. The Hall–Kier alpha value is -1.63. The number of aryl methyl sites for hydroxylation is 1. The van der Waals surface area contributed by atoms with Crippen LogP contribution in [0.15, 0.2) is 0 Å². The topological polar surface area (TPSA) is 82.2 Å². The van der Waals surface area contributed by atoms with Gasteiger partial charge < -0.3 is 10.1 Å². The average Bonchev–Trinajstić information content (AvgIpc) is 2.81. The van der Waals surface area contributed by atoms with Crippen molar-refractivity contribution in [2.45, 2.75) is 58.7 Å². The van der Waals surface area contributed by atoms with Gasteiger partial charge in [0, 0.05) is 12.6 Å². The van der Waals surface area contributed by atoms with E-state index in [1.165, 1.54) is 0 Å². The first-order chi connectivity index (χ1) is 9.26. The van der Waals surface area contributed by atoms with Crippen LogP contribution in [0, 0.1) is 17.0 Å². The van der Waals surface area contributed by atoms with Crippen LogP contribution in [0.5, 0.6) is 0 Å². The van der Waals surface area contributed by atoms with Gasteiger partial charge in [0.2, 0.25) is 5.82 Å². The van der Waals surface area contributed by atoms with E-state index in [0.29, 0.717) is 18.1 Å². The number of rotatable bonds is 4. The Kier molecular flexibility index (Phi) is 3.73. The molecule has 1 aliphatic rings. The van der Waals surface area contributed by atoms with Crippen molar-refractivity contribution in [3.05, 3.63) is 15.8 Å². The molecule has 20 heavy (non-hydrogen) atoms. The van der Waals surface area contributed by atoms with E-state index in [2.05, 4.69) is 10.4 Å². The molecule has 112 valence electrons. The molecule has 0 spiro atoms. The zero-order chi connectivity index (χ0) is 15.1. The van der Waals surface area contributed by atoms with Crippen LogP contribution in [0.25, 0.3) is 0 Å². The summed E-state index contributed by atoms with van der Waals surface area (Å²) >= 11 is 0. The number of nitrogens with one attached hydrogen (secondary N) is 1. The Balaban J connectivity index is 2.46. The quantitative estimate of drug-likeness (QED) is 0.678. The van der Waals surface area contributed by atoms with Crippen LogP contribution < -0.4 is 5.32 Å². The lowest BCUT2D eigenvalue weighted by Gasteiger charge is -2.30. The molecular formula is C13H22N4O3. The van der Waals surface area contributed by atoms with Crippen molar-refractivity contribution < 1.29 is 9.66 Å². The first-order valence-electron chi connectivity index (χ1n) is 6.89. The minimum Gasteiger partial charge on any atom is -0.376 e. The van der Waals surface area contributed by atoms with Crippen LogP contribution in [-0.2, 0) is 4.74 Å². The van der Waals surface area contributed by atoms with E-state index in [4.69, 9.17) is 4.74 Å². The summed E-state index contributed by atoms with van der Waals surface area (Å²) in [6.45, 7) is 10.2. The molecule has 2 unspecified atom stereocenters. The Morgan fingerprint density at radius 3 is 2.70 bits per heavy atom. The van der Waals surface area contributed by atoms with E-state index in [1.54, 1.807) is 11.6 Å². The molecule has 1 aromatic heterocycles. The fraction of sp³-hybridized carbons (Fsp3) is 0.769. The third kappa shape index (κ3) is 2.37. The lowest BCUT2D eigenvalue weighted by molar-refractivity contribution is -0.384. The van der Waals surface area contributed by atoms with Crippen LogP contribution in [-0.4, -0.2) is 33.0 Å². The second kappa shape index (κ2) is 5.05. The summed E-state index contributed by atoms with van der Waals surface area (Å²) in [5.74, 6) is 0.474. The molecule has 2 rings (SSSR count). The van der Waals surface area contributed by atoms with E-state index in [0.717, 1.165) is 6.42 Å². The molecule has 1 fully saturated rings. The molecule has 1 aromatic rings. The molecular weight excluding hydrogens is 260 g/mol. The van der Waals surface area contributed by atoms with Crippen molar-refractivity contribution in [2.24, 2.45) is 0 Å². The average molecular weight is 282 g/mol. The Morgan fingerprint density at radius 1 is 1.60 bits per heavy atom. The van der Waals surface area contributed by atoms with Gasteiger partial charge in [0.25, 0.3) is 0 Å². The minimum absolute atomic E-state index is 0.00192. The van der Waals surface area contributed by atoms with Crippen LogP contribution in [0.2, 0.25) is 0 Å². The predicted molar refractivity (Wildman–Crippen MR) is 76.1 cm³/mol.